The van der Waals surface area contributed by atoms with Gasteiger partial charge in [0.15, 0.2) is 0 Å². The highest BCUT2D eigenvalue weighted by Gasteiger charge is 1.78. The van der Waals surface area contributed by atoms with E-state index in [9.17, 15) is 0 Å². The largest absolute Gasteiger partial charge is 0.598 e. The van der Waals surface area contributed by atoms with Crippen LogP contribution in [-0.4, -0.2) is 24.6 Å². The van der Waals surface area contributed by atoms with E-state index in [1.807, 2.05) is 0 Å². The first kappa shape index (κ1) is 9.10. The van der Waals surface area contributed by atoms with Crippen molar-refractivity contribution in [3.8, 4) is 9.97 Å². The van der Waals surface area contributed by atoms with E-state index in [0.29, 0.717) is 0 Å². The van der Waals surface area contributed by atoms with E-state index in [2.05, 4.69) is 25.9 Å². The summed E-state index contributed by atoms with van der Waals surface area (Å²) in [5, 5.41) is 1.05. The van der Waals surface area contributed by atoms with Crippen LogP contribution in [0.3, 0.4) is 0 Å². The molecule has 0 heterocycles. The average molecular weight is 206 g/mol. The molecular weight excluding hydrogens is 200 g/mol. The van der Waals surface area contributed by atoms with Gasteiger partial charge in [0.25, 0.3) is 0 Å². The molecule has 0 aliphatic carbocycles. The van der Waals surface area contributed by atoms with Crippen molar-refractivity contribution in [2.45, 2.75) is 12.8 Å². The minimum Gasteiger partial charge on any atom is -0.316 e. The lowest BCUT2D eigenvalue weighted by molar-refractivity contribution is 1.01. The number of rotatable bonds is 2. The third-order valence-corrected chi connectivity index (χ3v) is 1.97. The summed E-state index contributed by atoms with van der Waals surface area (Å²) >= 11 is 2.79. The molecule has 0 aromatic carbocycles. The van der Waals surface area contributed by atoms with E-state index in [0.717, 1.165) is 18.2 Å². The minimum atomic E-state index is -0.518. The van der Waals surface area contributed by atoms with Crippen LogP contribution in [-0.2, 0) is 0 Å². The van der Waals surface area contributed by atoms with Gasteiger partial charge < -0.3 is 9.07 Å². The van der Waals surface area contributed by atoms with E-state index in [4.69, 9.17) is 9.07 Å². The summed E-state index contributed by atoms with van der Waals surface area (Å²) in [5.74, 6) is 2.99. The quantitative estimate of drug-likeness (QED) is 0.280. The molecule has 0 nitrogen and oxygen atoms in total. The molecule has 0 aliphatic heterocycles. The van der Waals surface area contributed by atoms with E-state index in [1.165, 1.54) is 0 Å². The Kier molecular flexibility index (Phi) is 9.21. The predicted octanol–water partition coefficient (Wildman–Crippen LogP) is 1.98. The van der Waals surface area contributed by atoms with Crippen LogP contribution in [0, 0.1) is 9.97 Å². The Hall–Kier alpha value is 1.10. The lowest BCUT2D eigenvalue weighted by Gasteiger charge is -1.80. The van der Waals surface area contributed by atoms with Crippen LogP contribution in [0.15, 0.2) is 0 Å². The Morgan fingerprint density at radius 3 is 2.88 bits per heavy atom. The molecule has 0 radical (unpaired) electrons. The highest BCUT2D eigenvalue weighted by atomic mass is 79.9. The van der Waals surface area contributed by atoms with E-state index in [1.54, 1.807) is 0 Å². The normalized spacial score (nSPS) is 6.75. The number of hydrogen-bond acceptors (Lipinski definition) is 0. The molecule has 0 bridgehead atoms. The maximum atomic E-state index is 5.43. The van der Waals surface area contributed by atoms with Crippen LogP contribution in [0.1, 0.15) is 12.8 Å². The van der Waals surface area contributed by atoms with Crippen LogP contribution in [0.25, 0.3) is 0 Å². The molecule has 42 valence electrons. The van der Waals surface area contributed by atoms with Crippen molar-refractivity contribution in [2.75, 3.05) is 5.33 Å². The molecule has 0 saturated carbocycles. The van der Waals surface area contributed by atoms with Crippen molar-refractivity contribution < 1.29 is 0 Å². The number of hydrogen-bond donors (Lipinski definition) is 0. The van der Waals surface area contributed by atoms with Gasteiger partial charge in [0.2, 0.25) is 0 Å². The SMILES string of the molecule is [Cl][Mg][C]#CCCCBr. The first-order valence-corrected chi connectivity index (χ1v) is 6.46. The van der Waals surface area contributed by atoms with Crippen molar-refractivity contribution in [1.29, 1.82) is 0 Å². The molecule has 0 spiro atoms. The smallest absolute Gasteiger partial charge is 0.316 e. The molecule has 0 unspecified atom stereocenters. The van der Waals surface area contributed by atoms with E-state index >= 15 is 0 Å². The Bertz CT molecular complexity index is 94.3. The molecule has 0 rings (SSSR count). The van der Waals surface area contributed by atoms with Crippen molar-refractivity contribution >= 4 is 44.3 Å². The summed E-state index contributed by atoms with van der Waals surface area (Å²) in [4.78, 5) is 0. The molecule has 0 saturated heterocycles. The standard InChI is InChI=1S/C5H6Br.ClH.Mg/c1-2-3-4-5-6;;/h3-5H2;1H;/q;;+1/p-1. The third kappa shape index (κ3) is 7.10. The fourth-order valence-electron chi connectivity index (χ4n) is 0.291. The van der Waals surface area contributed by atoms with Gasteiger partial charge in [0.05, 0.1) is 0 Å². The van der Waals surface area contributed by atoms with Crippen molar-refractivity contribution in [2.24, 2.45) is 0 Å². The van der Waals surface area contributed by atoms with Gasteiger partial charge in [-0.25, -0.2) is 4.05 Å². The average Bonchev–Trinajstić information content (AvgIpc) is 1.81. The first-order chi connectivity index (χ1) is 3.91. The maximum Gasteiger partial charge on any atom is 0.598 e. The highest BCUT2D eigenvalue weighted by molar-refractivity contribution is 9.09. The molecule has 0 N–H and O–H groups in total. The van der Waals surface area contributed by atoms with Gasteiger partial charge in [-0.2, -0.15) is 0 Å². The molecule has 0 amide bonds. The Labute approximate surface area is 72.0 Å². The Morgan fingerprint density at radius 1 is 1.62 bits per heavy atom. The van der Waals surface area contributed by atoms with Gasteiger partial charge >= 0.3 is 19.3 Å². The highest BCUT2D eigenvalue weighted by Crippen LogP contribution is 1.90. The lowest BCUT2D eigenvalue weighted by Crippen LogP contribution is -1.72. The van der Waals surface area contributed by atoms with Crippen molar-refractivity contribution in [1.82, 2.24) is 0 Å². The number of alkyl halides is 1. The summed E-state index contributed by atoms with van der Waals surface area (Å²) in [6.07, 6.45) is 2.13. The predicted molar refractivity (Wildman–Crippen MR) is 42.4 cm³/mol. The Balaban J connectivity index is 2.90. The topological polar surface area (TPSA) is 0 Å². The fraction of sp³-hybridized carbons (Fsp3) is 0.600. The van der Waals surface area contributed by atoms with E-state index in [-0.39, 0.29) is 0 Å². The van der Waals surface area contributed by atoms with Crippen molar-refractivity contribution in [3.63, 3.8) is 0 Å². The summed E-state index contributed by atoms with van der Waals surface area (Å²) in [6, 6.07) is 0. The lowest BCUT2D eigenvalue weighted by atomic mass is 10.4. The zero-order valence-corrected chi connectivity index (χ0v) is 8.34. The molecular formula is C5H6BrClMg. The molecule has 0 fully saturated rings. The maximum absolute atomic E-state index is 5.43. The van der Waals surface area contributed by atoms with Crippen LogP contribution in [0.5, 0.6) is 0 Å². The third-order valence-electron chi connectivity index (χ3n) is 0.627. The summed E-state index contributed by atoms with van der Waals surface area (Å²) in [7, 11) is 5.43. The second kappa shape index (κ2) is 8.10. The van der Waals surface area contributed by atoms with Crippen LogP contribution in [0.4, 0.5) is 0 Å². The minimum absolute atomic E-state index is 0.518. The molecule has 0 aromatic heterocycles. The summed E-state index contributed by atoms with van der Waals surface area (Å²) in [5.41, 5.74) is 0. The summed E-state index contributed by atoms with van der Waals surface area (Å²) < 4.78 is 2.92. The molecule has 0 aromatic rings. The fourth-order valence-corrected chi connectivity index (χ4v) is 1.13. The van der Waals surface area contributed by atoms with Crippen molar-refractivity contribution in [3.05, 3.63) is 0 Å². The molecule has 3 heteroatoms. The van der Waals surface area contributed by atoms with Gasteiger partial charge in [-0.1, -0.05) is 15.9 Å². The number of halogens is 2. The second-order valence-electron chi connectivity index (χ2n) is 1.28. The second-order valence-corrected chi connectivity index (χ2v) is 3.50. The van der Waals surface area contributed by atoms with E-state index < -0.39 is 19.3 Å². The van der Waals surface area contributed by atoms with Gasteiger partial charge in [-0.05, 0) is 6.42 Å². The monoisotopic (exact) mass is 204 g/mol. The molecule has 8 heavy (non-hydrogen) atoms. The van der Waals surface area contributed by atoms with Gasteiger partial charge in [-0.3, -0.25) is 0 Å². The molecule has 0 atom stereocenters. The van der Waals surface area contributed by atoms with Gasteiger partial charge in [0, 0.05) is 11.8 Å². The van der Waals surface area contributed by atoms with Crippen LogP contribution < -0.4 is 0 Å². The summed E-state index contributed by atoms with van der Waals surface area (Å²) in [6.45, 7) is 0. The Morgan fingerprint density at radius 2 is 2.38 bits per heavy atom. The molecule has 0 aliphatic rings. The van der Waals surface area contributed by atoms with Crippen LogP contribution >= 0.6 is 25.0 Å². The van der Waals surface area contributed by atoms with Gasteiger partial charge in [0.1, 0.15) is 0 Å². The van der Waals surface area contributed by atoms with Gasteiger partial charge in [-0.15, -0.1) is 5.92 Å². The van der Waals surface area contributed by atoms with Crippen LogP contribution in [0.2, 0.25) is 0 Å². The zero-order chi connectivity index (χ0) is 6.24. The zero-order valence-electron chi connectivity index (χ0n) is 4.58. The first-order valence-electron chi connectivity index (χ1n) is 2.49. The number of unbranched alkanes of at least 4 members (excludes halogenated alkanes) is 1.